The summed E-state index contributed by atoms with van der Waals surface area (Å²) in [4.78, 5) is 29.3. The molecule has 2 aliphatic heterocycles. The molecule has 1 unspecified atom stereocenters. The van der Waals surface area contributed by atoms with Crippen molar-refractivity contribution in [1.82, 2.24) is 20.4 Å². The topological polar surface area (TPSA) is 102 Å². The fraction of sp³-hybridized carbons (Fsp3) is 0.480. The zero-order valence-electron chi connectivity index (χ0n) is 20.0. The van der Waals surface area contributed by atoms with Gasteiger partial charge in [-0.15, -0.1) is 0 Å². The van der Waals surface area contributed by atoms with Crippen LogP contribution in [-0.4, -0.2) is 66.4 Å². The van der Waals surface area contributed by atoms with E-state index >= 15 is 0 Å². The Morgan fingerprint density at radius 2 is 2.06 bits per heavy atom. The smallest absolute Gasteiger partial charge is 0.280 e. The Kier molecular flexibility index (Phi) is 7.52. The summed E-state index contributed by atoms with van der Waals surface area (Å²) in [6.45, 7) is 9.50. The Morgan fingerprint density at radius 1 is 1.26 bits per heavy atom. The number of carbonyl (C=O) groups excluding carboxylic acids is 2. The van der Waals surface area contributed by atoms with E-state index in [9.17, 15) is 9.59 Å². The molecule has 1 N–H and O–H groups in total. The number of nitrogens with zero attached hydrogens (tertiary/aromatic N) is 4. The van der Waals surface area contributed by atoms with Gasteiger partial charge in [0.15, 0.2) is 6.17 Å². The molecule has 0 saturated carbocycles. The summed E-state index contributed by atoms with van der Waals surface area (Å²) in [5.41, 5.74) is 2.79. The number of rotatable bonds is 8. The van der Waals surface area contributed by atoms with E-state index in [0.717, 1.165) is 24.0 Å². The van der Waals surface area contributed by atoms with Gasteiger partial charge in [0.05, 0.1) is 25.5 Å². The maximum atomic E-state index is 12.9. The Balaban J connectivity index is 1.67. The van der Waals surface area contributed by atoms with E-state index in [1.165, 1.54) is 0 Å². The Morgan fingerprint density at radius 3 is 2.79 bits per heavy atom. The van der Waals surface area contributed by atoms with Crippen LogP contribution in [0.1, 0.15) is 60.0 Å². The molecule has 0 bridgehead atoms. The molecule has 181 valence electrons. The van der Waals surface area contributed by atoms with Crippen LogP contribution in [0.5, 0.6) is 5.75 Å². The SMILES string of the molecule is CCCOc1ccc(C=CC(=O)N2CCOCC2)cc1C1[N]C(=O)c2c(C)n[nH]c2N1CCC. The third kappa shape index (κ3) is 4.94. The van der Waals surface area contributed by atoms with Crippen LogP contribution in [0.15, 0.2) is 24.3 Å². The number of amides is 2. The number of nitrogens with one attached hydrogen (secondary N) is 1. The number of anilines is 1. The van der Waals surface area contributed by atoms with Crippen molar-refractivity contribution >= 4 is 23.7 Å². The van der Waals surface area contributed by atoms with Crippen LogP contribution in [-0.2, 0) is 9.53 Å². The quantitative estimate of drug-likeness (QED) is 0.600. The van der Waals surface area contributed by atoms with Crippen LogP contribution in [0.3, 0.4) is 0 Å². The van der Waals surface area contributed by atoms with E-state index < -0.39 is 6.17 Å². The van der Waals surface area contributed by atoms with E-state index in [1.807, 2.05) is 25.1 Å². The highest BCUT2D eigenvalue weighted by atomic mass is 16.5. The van der Waals surface area contributed by atoms with Gasteiger partial charge in [-0.2, -0.15) is 5.10 Å². The third-order valence-corrected chi connectivity index (χ3v) is 5.94. The average Bonchev–Trinajstić information content (AvgIpc) is 3.25. The number of hydrogen-bond donors (Lipinski definition) is 1. The van der Waals surface area contributed by atoms with Crippen LogP contribution < -0.4 is 15.0 Å². The number of aromatic amines is 1. The number of carbonyl (C=O) groups is 2. The van der Waals surface area contributed by atoms with E-state index in [4.69, 9.17) is 9.47 Å². The molecular weight excluding hydrogens is 434 g/mol. The molecule has 2 aromatic rings. The fourth-order valence-electron chi connectivity index (χ4n) is 4.24. The van der Waals surface area contributed by atoms with Crippen LogP contribution in [0.4, 0.5) is 5.82 Å². The highest BCUT2D eigenvalue weighted by Gasteiger charge is 2.37. The molecule has 1 fully saturated rings. The van der Waals surface area contributed by atoms with Crippen molar-refractivity contribution in [1.29, 1.82) is 0 Å². The second-order valence-electron chi connectivity index (χ2n) is 8.45. The Hall–Kier alpha value is -3.33. The minimum absolute atomic E-state index is 0.0427. The van der Waals surface area contributed by atoms with Gasteiger partial charge in [-0.1, -0.05) is 19.9 Å². The van der Waals surface area contributed by atoms with Crippen molar-refractivity contribution in [3.05, 3.63) is 46.7 Å². The normalized spacial score (nSPS) is 18.2. The van der Waals surface area contributed by atoms with Crippen LogP contribution >= 0.6 is 0 Å². The molecule has 1 radical (unpaired) electrons. The van der Waals surface area contributed by atoms with Gasteiger partial charge < -0.3 is 19.3 Å². The lowest BCUT2D eigenvalue weighted by Gasteiger charge is -2.36. The van der Waals surface area contributed by atoms with E-state index in [0.29, 0.717) is 62.3 Å². The summed E-state index contributed by atoms with van der Waals surface area (Å²) in [6, 6.07) is 5.76. The van der Waals surface area contributed by atoms with Crippen molar-refractivity contribution in [3.8, 4) is 5.75 Å². The molecule has 1 aromatic heterocycles. The lowest BCUT2D eigenvalue weighted by molar-refractivity contribution is -0.129. The molecule has 34 heavy (non-hydrogen) atoms. The average molecular weight is 467 g/mol. The predicted octanol–water partition coefficient (Wildman–Crippen LogP) is 3.05. The number of aromatic nitrogens is 2. The first-order valence-electron chi connectivity index (χ1n) is 11.9. The van der Waals surface area contributed by atoms with Crippen LogP contribution in [0.2, 0.25) is 0 Å². The molecule has 4 rings (SSSR count). The molecule has 2 aliphatic rings. The molecule has 1 aromatic carbocycles. The predicted molar refractivity (Wildman–Crippen MR) is 129 cm³/mol. The van der Waals surface area contributed by atoms with Gasteiger partial charge in [0, 0.05) is 31.3 Å². The summed E-state index contributed by atoms with van der Waals surface area (Å²) < 4.78 is 11.4. The molecule has 1 atom stereocenters. The number of benzene rings is 1. The minimum Gasteiger partial charge on any atom is -0.493 e. The standard InChI is InChI=1S/C25H32N5O4/c1-4-10-30-23(26-25(32)22-17(3)27-28-24(22)30)19-16-18(6-8-20(19)34-13-5-2)7-9-21(31)29-11-14-33-15-12-29/h6-9,16,23H,4-5,10-15H2,1-3H3,(H,27,28). The summed E-state index contributed by atoms with van der Waals surface area (Å²) in [7, 11) is 0. The van der Waals surface area contributed by atoms with Crippen molar-refractivity contribution in [2.45, 2.75) is 39.8 Å². The first-order valence-corrected chi connectivity index (χ1v) is 11.9. The van der Waals surface area contributed by atoms with Gasteiger partial charge in [-0.25, -0.2) is 5.32 Å². The van der Waals surface area contributed by atoms with Crippen LogP contribution in [0, 0.1) is 6.92 Å². The molecule has 9 nitrogen and oxygen atoms in total. The van der Waals surface area contributed by atoms with Gasteiger partial charge in [0.25, 0.3) is 5.91 Å². The number of aryl methyl sites for hydroxylation is 1. The second-order valence-corrected chi connectivity index (χ2v) is 8.45. The molecular formula is C25H32N5O4. The van der Waals surface area contributed by atoms with Gasteiger partial charge in [0.2, 0.25) is 5.91 Å². The first-order chi connectivity index (χ1) is 16.5. The summed E-state index contributed by atoms with van der Waals surface area (Å²) in [6.07, 6.45) is 4.57. The van der Waals surface area contributed by atoms with E-state index in [1.54, 1.807) is 24.0 Å². The number of fused-ring (bicyclic) bond motifs is 1. The zero-order chi connectivity index (χ0) is 24.1. The molecule has 1 saturated heterocycles. The van der Waals surface area contributed by atoms with Gasteiger partial charge in [-0.05, 0) is 43.5 Å². The largest absolute Gasteiger partial charge is 0.493 e. The fourth-order valence-corrected chi connectivity index (χ4v) is 4.24. The lowest BCUT2D eigenvalue weighted by Crippen LogP contribution is -2.43. The molecule has 9 heteroatoms. The number of hydrogen-bond acceptors (Lipinski definition) is 6. The summed E-state index contributed by atoms with van der Waals surface area (Å²) in [5.74, 6) is 1.04. The van der Waals surface area contributed by atoms with Crippen LogP contribution in [0.25, 0.3) is 6.08 Å². The molecule has 2 amide bonds. The summed E-state index contributed by atoms with van der Waals surface area (Å²) in [5, 5.41) is 11.8. The highest BCUT2D eigenvalue weighted by molar-refractivity contribution is 6.02. The Bertz CT molecular complexity index is 1060. The van der Waals surface area contributed by atoms with Crippen molar-refractivity contribution in [2.75, 3.05) is 44.4 Å². The van der Waals surface area contributed by atoms with Gasteiger partial charge >= 0.3 is 0 Å². The second kappa shape index (κ2) is 10.7. The maximum absolute atomic E-state index is 12.9. The summed E-state index contributed by atoms with van der Waals surface area (Å²) >= 11 is 0. The van der Waals surface area contributed by atoms with Crippen molar-refractivity contribution in [2.24, 2.45) is 0 Å². The molecule has 3 heterocycles. The van der Waals surface area contributed by atoms with Gasteiger partial charge in [0.1, 0.15) is 17.1 Å². The molecule has 0 aliphatic carbocycles. The minimum atomic E-state index is -0.546. The first kappa shape index (κ1) is 23.8. The van der Waals surface area contributed by atoms with Crippen molar-refractivity contribution in [3.63, 3.8) is 0 Å². The lowest BCUT2D eigenvalue weighted by atomic mass is 10.0. The van der Waals surface area contributed by atoms with Gasteiger partial charge in [-0.3, -0.25) is 14.7 Å². The Labute approximate surface area is 200 Å². The number of H-pyrrole nitrogens is 1. The number of morpholine rings is 1. The maximum Gasteiger partial charge on any atom is 0.280 e. The zero-order valence-corrected chi connectivity index (χ0v) is 20.0. The van der Waals surface area contributed by atoms with Crippen molar-refractivity contribution < 1.29 is 19.1 Å². The highest BCUT2D eigenvalue weighted by Crippen LogP contribution is 2.38. The van der Waals surface area contributed by atoms with E-state index in [2.05, 4.69) is 27.3 Å². The number of ether oxygens (including phenoxy) is 2. The van der Waals surface area contributed by atoms with E-state index in [-0.39, 0.29) is 11.8 Å². The monoisotopic (exact) mass is 466 g/mol. The molecule has 0 spiro atoms. The third-order valence-electron chi connectivity index (χ3n) is 5.94.